The molecule has 0 unspecified atom stereocenters. The second-order valence-corrected chi connectivity index (χ2v) is 10.6. The Labute approximate surface area is 266 Å². The van der Waals surface area contributed by atoms with Gasteiger partial charge in [0.1, 0.15) is 5.75 Å². The fourth-order valence-corrected chi connectivity index (χ4v) is 4.96. The summed E-state index contributed by atoms with van der Waals surface area (Å²) >= 11 is 0. The number of nitrogens with one attached hydrogen (secondary N) is 2. The molecule has 0 radical (unpaired) electrons. The standard InChI is InChI=1S/C28H31N3O2.2C2HF3O2/c1-2-33-27-11-5-10-24(14-27)28(32)30-16-20-6-3-8-22(12-20)23-9-4-7-21(13-23)18-31-19-25-15-26(31)17-29-25;2*3-2(4,5)1(6)7/h3-14,25-26,29H,2,15-19H2,1H3,(H,30,32);2*(H,6,7)/t25-,26-;;/m0../s1. The summed E-state index contributed by atoms with van der Waals surface area (Å²) in [5.41, 5.74) is 5.43. The number of alkyl halides is 6. The Morgan fingerprint density at radius 2 is 1.43 bits per heavy atom. The van der Waals surface area contributed by atoms with Crippen LogP contribution in [-0.4, -0.2) is 77.1 Å². The number of carboxylic acids is 2. The average Bonchev–Trinajstić information content (AvgIpc) is 3.64. The molecule has 9 nitrogen and oxygen atoms in total. The van der Waals surface area contributed by atoms with Gasteiger partial charge in [-0.25, -0.2) is 9.59 Å². The highest BCUT2D eigenvalue weighted by atomic mass is 19.4. The fraction of sp³-hybridized carbons (Fsp3) is 0.344. The molecular formula is C32H33F6N3O6. The van der Waals surface area contributed by atoms with Crippen LogP contribution in [0.4, 0.5) is 26.3 Å². The molecule has 2 atom stereocenters. The first-order valence-electron chi connectivity index (χ1n) is 14.3. The highest BCUT2D eigenvalue weighted by molar-refractivity contribution is 5.94. The fourth-order valence-electron chi connectivity index (χ4n) is 4.96. The summed E-state index contributed by atoms with van der Waals surface area (Å²) in [6.45, 7) is 6.27. The van der Waals surface area contributed by atoms with Crippen molar-refractivity contribution in [2.45, 2.75) is 50.9 Å². The van der Waals surface area contributed by atoms with E-state index in [0.29, 0.717) is 36.5 Å². The minimum absolute atomic E-state index is 0.0987. The lowest BCUT2D eigenvalue weighted by atomic mass is 10.0. The third-order valence-corrected chi connectivity index (χ3v) is 7.09. The van der Waals surface area contributed by atoms with Crippen LogP contribution in [0.25, 0.3) is 11.1 Å². The molecule has 2 aliphatic heterocycles. The summed E-state index contributed by atoms with van der Waals surface area (Å²) in [6, 6.07) is 25.9. The van der Waals surface area contributed by atoms with Crippen LogP contribution in [0.1, 0.15) is 34.8 Å². The van der Waals surface area contributed by atoms with Gasteiger partial charge in [0.25, 0.3) is 5.91 Å². The molecule has 4 N–H and O–H groups in total. The van der Waals surface area contributed by atoms with Gasteiger partial charge in [-0.2, -0.15) is 26.3 Å². The van der Waals surface area contributed by atoms with Crippen molar-refractivity contribution >= 4 is 17.8 Å². The topological polar surface area (TPSA) is 128 Å². The van der Waals surface area contributed by atoms with Crippen molar-refractivity contribution in [2.75, 3.05) is 19.7 Å². The summed E-state index contributed by atoms with van der Waals surface area (Å²) in [7, 11) is 0. The first-order valence-corrected chi connectivity index (χ1v) is 14.3. The Kier molecular flexibility index (Phi) is 12.8. The van der Waals surface area contributed by atoms with E-state index in [1.54, 1.807) is 6.07 Å². The van der Waals surface area contributed by atoms with Crippen molar-refractivity contribution < 1.29 is 55.7 Å². The first-order chi connectivity index (χ1) is 22.1. The molecule has 47 heavy (non-hydrogen) atoms. The number of carbonyl (C=O) groups is 3. The van der Waals surface area contributed by atoms with E-state index in [2.05, 4.69) is 64.1 Å². The lowest BCUT2D eigenvalue weighted by Gasteiger charge is -2.27. The van der Waals surface area contributed by atoms with Gasteiger partial charge >= 0.3 is 24.3 Å². The maximum atomic E-state index is 12.6. The second kappa shape index (κ2) is 16.3. The predicted molar refractivity (Wildman–Crippen MR) is 159 cm³/mol. The second-order valence-electron chi connectivity index (χ2n) is 10.6. The molecule has 2 heterocycles. The number of hydrogen-bond donors (Lipinski definition) is 4. The summed E-state index contributed by atoms with van der Waals surface area (Å²) in [5, 5.41) is 20.9. The molecule has 2 bridgehead atoms. The number of ether oxygens (including phenoxy) is 1. The van der Waals surface area contributed by atoms with Gasteiger partial charge in [-0.15, -0.1) is 0 Å². The van der Waals surface area contributed by atoms with Gasteiger partial charge < -0.3 is 25.6 Å². The van der Waals surface area contributed by atoms with E-state index in [1.165, 1.54) is 23.1 Å². The summed E-state index contributed by atoms with van der Waals surface area (Å²) in [4.78, 5) is 33.0. The Balaban J connectivity index is 0.000000360. The smallest absolute Gasteiger partial charge is 0.490 e. The van der Waals surface area contributed by atoms with Crippen molar-refractivity contribution in [2.24, 2.45) is 0 Å². The lowest BCUT2D eigenvalue weighted by molar-refractivity contribution is -0.193. The highest BCUT2D eigenvalue weighted by Crippen LogP contribution is 2.27. The summed E-state index contributed by atoms with van der Waals surface area (Å²) in [5.74, 6) is -4.90. The van der Waals surface area contributed by atoms with E-state index < -0.39 is 24.3 Å². The minimum Gasteiger partial charge on any atom is -0.494 e. The number of rotatable bonds is 8. The van der Waals surface area contributed by atoms with Crippen molar-refractivity contribution in [3.8, 4) is 16.9 Å². The van der Waals surface area contributed by atoms with Crippen LogP contribution in [-0.2, 0) is 22.7 Å². The van der Waals surface area contributed by atoms with Crippen molar-refractivity contribution in [1.29, 1.82) is 0 Å². The van der Waals surface area contributed by atoms with Gasteiger partial charge in [0.2, 0.25) is 0 Å². The lowest BCUT2D eigenvalue weighted by Crippen LogP contribution is -2.42. The van der Waals surface area contributed by atoms with E-state index in [1.807, 2.05) is 25.1 Å². The summed E-state index contributed by atoms with van der Waals surface area (Å²) < 4.78 is 69.0. The number of fused-ring (bicyclic) bond motifs is 2. The van der Waals surface area contributed by atoms with Gasteiger partial charge in [0.15, 0.2) is 0 Å². The average molecular weight is 670 g/mol. The Morgan fingerprint density at radius 1 is 0.872 bits per heavy atom. The maximum Gasteiger partial charge on any atom is 0.490 e. The van der Waals surface area contributed by atoms with Gasteiger partial charge in [0.05, 0.1) is 6.61 Å². The largest absolute Gasteiger partial charge is 0.494 e. The zero-order chi connectivity index (χ0) is 34.8. The molecule has 0 aliphatic carbocycles. The summed E-state index contributed by atoms with van der Waals surface area (Å²) in [6.07, 6.45) is -8.89. The highest BCUT2D eigenvalue weighted by Gasteiger charge is 2.39. The molecule has 5 rings (SSSR count). The molecular weight excluding hydrogens is 636 g/mol. The number of aliphatic carboxylic acids is 2. The Hall–Kier alpha value is -4.63. The minimum atomic E-state index is -5.08. The number of piperazine rings is 1. The van der Waals surface area contributed by atoms with Gasteiger partial charge in [-0.1, -0.05) is 42.5 Å². The van der Waals surface area contributed by atoms with E-state index in [0.717, 1.165) is 25.2 Å². The maximum absolute atomic E-state index is 12.6. The molecule has 0 saturated carbocycles. The number of nitrogens with zero attached hydrogens (tertiary/aromatic N) is 1. The van der Waals surface area contributed by atoms with Crippen molar-refractivity contribution in [3.05, 3.63) is 89.5 Å². The van der Waals surface area contributed by atoms with Crippen LogP contribution in [0, 0.1) is 0 Å². The molecule has 2 fully saturated rings. The van der Waals surface area contributed by atoms with Gasteiger partial charge in [-0.3, -0.25) is 9.69 Å². The third kappa shape index (κ3) is 11.6. The molecule has 0 aromatic heterocycles. The van der Waals surface area contributed by atoms with Crippen LogP contribution in [0.2, 0.25) is 0 Å². The molecule has 2 saturated heterocycles. The van der Waals surface area contributed by atoms with Gasteiger partial charge in [-0.05, 0) is 65.9 Å². The van der Waals surface area contributed by atoms with Crippen LogP contribution < -0.4 is 15.4 Å². The number of benzene rings is 3. The first kappa shape index (κ1) is 36.8. The molecule has 2 aliphatic rings. The normalized spacial score (nSPS) is 17.1. The molecule has 1 amide bonds. The van der Waals surface area contributed by atoms with E-state index in [4.69, 9.17) is 24.5 Å². The number of carbonyl (C=O) groups excluding carboxylic acids is 1. The number of hydrogen-bond acceptors (Lipinski definition) is 6. The van der Waals surface area contributed by atoms with Crippen molar-refractivity contribution in [1.82, 2.24) is 15.5 Å². The van der Waals surface area contributed by atoms with E-state index in [9.17, 15) is 31.1 Å². The molecule has 254 valence electrons. The quantitative estimate of drug-likeness (QED) is 0.232. The Bertz CT molecular complexity index is 1510. The number of likely N-dealkylation sites (tertiary alicyclic amines) is 1. The number of amides is 1. The van der Waals surface area contributed by atoms with E-state index >= 15 is 0 Å². The number of halogens is 6. The van der Waals surface area contributed by atoms with Crippen molar-refractivity contribution in [3.63, 3.8) is 0 Å². The molecule has 3 aromatic carbocycles. The molecule has 3 aromatic rings. The van der Waals surface area contributed by atoms with Crippen LogP contribution in [0.15, 0.2) is 72.8 Å². The van der Waals surface area contributed by atoms with Gasteiger partial charge in [0, 0.05) is 43.8 Å². The predicted octanol–water partition coefficient (Wildman–Crippen LogP) is 5.50. The molecule has 0 spiro atoms. The van der Waals surface area contributed by atoms with Crippen LogP contribution >= 0.6 is 0 Å². The third-order valence-electron chi connectivity index (χ3n) is 7.09. The number of carboxylic acid groups (broad SMARTS) is 2. The zero-order valence-electron chi connectivity index (χ0n) is 25.1. The Morgan fingerprint density at radius 3 is 1.94 bits per heavy atom. The SMILES string of the molecule is CCOc1cccc(C(=O)NCc2cccc(-c3cccc(CN4C[C@@H]5C[C@H]4CN5)c3)c2)c1.O=C(O)C(F)(F)F.O=C(O)C(F)(F)F. The van der Waals surface area contributed by atoms with E-state index in [-0.39, 0.29) is 5.91 Å². The van der Waals surface area contributed by atoms with Crippen LogP contribution in [0.5, 0.6) is 5.75 Å². The monoisotopic (exact) mass is 669 g/mol. The zero-order valence-corrected chi connectivity index (χ0v) is 25.1. The van der Waals surface area contributed by atoms with Crippen LogP contribution in [0.3, 0.4) is 0 Å². The molecule has 15 heteroatoms.